The van der Waals surface area contributed by atoms with Gasteiger partial charge in [-0.25, -0.2) is 9.59 Å². The molecular weight excluding hydrogens is 384 g/mol. The van der Waals surface area contributed by atoms with Crippen LogP contribution >= 0.6 is 11.6 Å². The number of carbonyl (C=O) groups excluding carboxylic acids is 3. The van der Waals surface area contributed by atoms with Crippen molar-refractivity contribution in [3.8, 4) is 0 Å². The van der Waals surface area contributed by atoms with Crippen molar-refractivity contribution >= 4 is 29.6 Å². The van der Waals surface area contributed by atoms with Crippen molar-refractivity contribution in [3.63, 3.8) is 0 Å². The number of nitrogens with zero attached hydrogens (tertiary/aromatic N) is 1. The van der Waals surface area contributed by atoms with Gasteiger partial charge >= 0.3 is 12.1 Å². The molecule has 1 saturated heterocycles. The first-order valence-electron chi connectivity index (χ1n) is 9.29. The summed E-state index contributed by atoms with van der Waals surface area (Å²) in [7, 11) is 0. The van der Waals surface area contributed by atoms with Gasteiger partial charge in [-0.05, 0) is 52.2 Å². The van der Waals surface area contributed by atoms with Crippen LogP contribution in [0.4, 0.5) is 4.79 Å². The highest BCUT2D eigenvalue weighted by molar-refractivity contribution is 6.31. The Balaban J connectivity index is 1.89. The molecule has 2 amide bonds. The molecule has 0 aromatic heterocycles. The molecule has 2 rings (SSSR count). The summed E-state index contributed by atoms with van der Waals surface area (Å²) in [6.07, 6.45) is -0.392. The lowest BCUT2D eigenvalue weighted by Crippen LogP contribution is -2.46. The number of hydrogen-bond donors (Lipinski definition) is 1. The molecule has 0 bridgehead atoms. The molecule has 2 atom stereocenters. The van der Waals surface area contributed by atoms with Gasteiger partial charge in [-0.1, -0.05) is 29.8 Å². The fraction of sp³-hybridized carbons (Fsp3) is 0.550. The van der Waals surface area contributed by atoms with Crippen LogP contribution in [0.5, 0.6) is 0 Å². The van der Waals surface area contributed by atoms with E-state index in [-0.39, 0.29) is 6.54 Å². The van der Waals surface area contributed by atoms with E-state index in [0.717, 1.165) is 5.56 Å². The van der Waals surface area contributed by atoms with E-state index in [1.165, 1.54) is 11.8 Å². The predicted molar refractivity (Wildman–Crippen MR) is 105 cm³/mol. The van der Waals surface area contributed by atoms with E-state index in [4.69, 9.17) is 21.1 Å². The van der Waals surface area contributed by atoms with Crippen LogP contribution < -0.4 is 5.32 Å². The number of likely N-dealkylation sites (tertiary alicyclic amines) is 1. The molecule has 1 aliphatic rings. The van der Waals surface area contributed by atoms with E-state index in [2.05, 4.69) is 5.32 Å². The fourth-order valence-electron chi connectivity index (χ4n) is 2.82. The van der Waals surface area contributed by atoms with Crippen LogP contribution in [0, 0.1) is 0 Å². The lowest BCUT2D eigenvalue weighted by atomic mass is 10.2. The summed E-state index contributed by atoms with van der Waals surface area (Å²) in [4.78, 5) is 38.4. The highest BCUT2D eigenvalue weighted by atomic mass is 35.5. The summed E-state index contributed by atoms with van der Waals surface area (Å²) >= 11 is 6.06. The van der Waals surface area contributed by atoms with Gasteiger partial charge in [0.25, 0.3) is 5.91 Å². The van der Waals surface area contributed by atoms with Crippen LogP contribution in [0.2, 0.25) is 5.02 Å². The van der Waals surface area contributed by atoms with Crippen LogP contribution in [-0.4, -0.2) is 47.2 Å². The standard InChI is InChI=1S/C20H27ClN2O5/c1-13(17(24)22-12-14-8-5-6-9-15(14)21)27-18(25)16-10-7-11-23(16)19(26)28-20(2,3)4/h5-6,8-9,13,16H,7,10-12H2,1-4H3,(H,22,24)/t13-,16-/m0/s1. The molecule has 0 radical (unpaired) electrons. The topological polar surface area (TPSA) is 84.9 Å². The number of benzene rings is 1. The Labute approximate surface area is 170 Å². The average molecular weight is 411 g/mol. The Morgan fingerprint density at radius 3 is 2.61 bits per heavy atom. The largest absolute Gasteiger partial charge is 0.451 e. The number of ether oxygens (including phenoxy) is 2. The summed E-state index contributed by atoms with van der Waals surface area (Å²) in [5.74, 6) is -1.04. The molecule has 0 aliphatic carbocycles. The maximum absolute atomic E-state index is 12.5. The minimum atomic E-state index is -0.990. The zero-order valence-corrected chi connectivity index (χ0v) is 17.4. The van der Waals surface area contributed by atoms with Crippen LogP contribution in [0.25, 0.3) is 0 Å². The van der Waals surface area contributed by atoms with E-state index >= 15 is 0 Å². The maximum Gasteiger partial charge on any atom is 0.411 e. The molecule has 1 aromatic rings. The van der Waals surface area contributed by atoms with Crippen molar-refractivity contribution in [1.29, 1.82) is 0 Å². The van der Waals surface area contributed by atoms with Crippen molar-refractivity contribution in [2.45, 2.75) is 64.8 Å². The second kappa shape index (κ2) is 9.28. The summed E-state index contributed by atoms with van der Waals surface area (Å²) in [5.41, 5.74) is 0.114. The van der Waals surface area contributed by atoms with E-state index < -0.39 is 35.7 Å². The predicted octanol–water partition coefficient (Wildman–Crippen LogP) is 3.29. The third-order valence-electron chi connectivity index (χ3n) is 4.23. The first-order chi connectivity index (χ1) is 13.1. The zero-order chi connectivity index (χ0) is 20.9. The number of esters is 1. The molecule has 0 unspecified atom stereocenters. The Kier molecular flexibility index (Phi) is 7.29. The van der Waals surface area contributed by atoms with Gasteiger partial charge in [-0.15, -0.1) is 0 Å². The Hall–Kier alpha value is -2.28. The molecule has 154 valence electrons. The summed E-state index contributed by atoms with van der Waals surface area (Å²) in [6, 6.07) is 6.42. The van der Waals surface area contributed by atoms with Crippen molar-refractivity contribution in [3.05, 3.63) is 34.9 Å². The summed E-state index contributed by atoms with van der Waals surface area (Å²) < 4.78 is 10.6. The second-order valence-electron chi connectivity index (χ2n) is 7.72. The molecule has 28 heavy (non-hydrogen) atoms. The molecular formula is C20H27ClN2O5. The molecule has 7 nitrogen and oxygen atoms in total. The van der Waals surface area contributed by atoms with Gasteiger partial charge in [0.2, 0.25) is 0 Å². The maximum atomic E-state index is 12.5. The second-order valence-corrected chi connectivity index (χ2v) is 8.13. The third-order valence-corrected chi connectivity index (χ3v) is 4.59. The molecule has 1 heterocycles. The minimum Gasteiger partial charge on any atom is -0.451 e. The molecule has 1 fully saturated rings. The van der Waals surface area contributed by atoms with Crippen LogP contribution in [0.1, 0.15) is 46.1 Å². The lowest BCUT2D eigenvalue weighted by Gasteiger charge is -2.28. The monoisotopic (exact) mass is 410 g/mol. The number of carbonyl (C=O) groups is 3. The zero-order valence-electron chi connectivity index (χ0n) is 16.7. The van der Waals surface area contributed by atoms with Gasteiger partial charge in [0.05, 0.1) is 0 Å². The van der Waals surface area contributed by atoms with E-state index in [0.29, 0.717) is 24.4 Å². The number of amides is 2. The molecule has 1 aromatic carbocycles. The van der Waals surface area contributed by atoms with E-state index in [1.54, 1.807) is 39.0 Å². The smallest absolute Gasteiger partial charge is 0.411 e. The summed E-state index contributed by atoms with van der Waals surface area (Å²) in [5, 5.41) is 3.24. The molecule has 1 N–H and O–H groups in total. The highest BCUT2D eigenvalue weighted by Crippen LogP contribution is 2.22. The van der Waals surface area contributed by atoms with Gasteiger partial charge in [0.15, 0.2) is 6.10 Å². The molecule has 8 heteroatoms. The lowest BCUT2D eigenvalue weighted by molar-refractivity contribution is -0.158. The quantitative estimate of drug-likeness (QED) is 0.753. The highest BCUT2D eigenvalue weighted by Gasteiger charge is 2.38. The first kappa shape index (κ1) is 22.0. The van der Waals surface area contributed by atoms with Gasteiger partial charge in [-0.2, -0.15) is 0 Å². The minimum absolute atomic E-state index is 0.230. The van der Waals surface area contributed by atoms with Crippen molar-refractivity contribution in [2.75, 3.05) is 6.54 Å². The van der Waals surface area contributed by atoms with Gasteiger partial charge in [-0.3, -0.25) is 9.69 Å². The number of nitrogens with one attached hydrogen (secondary N) is 1. The Bertz CT molecular complexity index is 732. The fourth-order valence-corrected chi connectivity index (χ4v) is 3.03. The van der Waals surface area contributed by atoms with Crippen LogP contribution in [-0.2, 0) is 25.6 Å². The Morgan fingerprint density at radius 1 is 1.29 bits per heavy atom. The van der Waals surface area contributed by atoms with Gasteiger partial charge in [0.1, 0.15) is 11.6 Å². The van der Waals surface area contributed by atoms with Gasteiger partial charge in [0, 0.05) is 18.1 Å². The number of hydrogen-bond acceptors (Lipinski definition) is 5. The first-order valence-corrected chi connectivity index (χ1v) is 9.67. The normalized spacial score (nSPS) is 17.8. The third kappa shape index (κ3) is 6.12. The van der Waals surface area contributed by atoms with Crippen LogP contribution in [0.15, 0.2) is 24.3 Å². The van der Waals surface area contributed by atoms with E-state index in [9.17, 15) is 14.4 Å². The molecule has 1 aliphatic heterocycles. The SMILES string of the molecule is C[C@H](OC(=O)[C@@H]1CCCN1C(=O)OC(C)(C)C)C(=O)NCc1ccccc1Cl. The van der Waals surface area contributed by atoms with Crippen molar-refractivity contribution in [1.82, 2.24) is 10.2 Å². The Morgan fingerprint density at radius 2 is 1.96 bits per heavy atom. The van der Waals surface area contributed by atoms with Crippen molar-refractivity contribution in [2.24, 2.45) is 0 Å². The molecule has 0 saturated carbocycles. The summed E-state index contributed by atoms with van der Waals surface area (Å²) in [6.45, 7) is 7.43. The van der Waals surface area contributed by atoms with Crippen molar-refractivity contribution < 1.29 is 23.9 Å². The molecule has 0 spiro atoms. The van der Waals surface area contributed by atoms with E-state index in [1.807, 2.05) is 6.07 Å². The average Bonchev–Trinajstić information content (AvgIpc) is 3.09. The van der Waals surface area contributed by atoms with Gasteiger partial charge < -0.3 is 14.8 Å². The number of rotatable bonds is 5. The number of halogens is 1. The van der Waals surface area contributed by atoms with Crippen LogP contribution in [0.3, 0.4) is 0 Å².